The van der Waals surface area contributed by atoms with Crippen molar-refractivity contribution in [3.8, 4) is 11.5 Å². The van der Waals surface area contributed by atoms with Crippen LogP contribution in [-0.2, 0) is 4.79 Å². The first kappa shape index (κ1) is 23.6. The Morgan fingerprint density at radius 1 is 1.06 bits per heavy atom. The zero-order valence-electron chi connectivity index (χ0n) is 17.7. The zero-order chi connectivity index (χ0) is 22.4. The van der Waals surface area contributed by atoms with E-state index in [9.17, 15) is 4.79 Å². The molecular weight excluding hydrogens is 457 g/mol. The number of anilines is 1. The number of aromatic nitrogens is 1. The standard InChI is InChI=1S/C22H25Cl2N3O3S/c1-4-26(5-2)12-13-27(19(28)14-30-16-8-6-15(23)7-9-16)22-25-20-18(29-3)11-10-17(24)21(20)31-22/h6-11H,4-5,12-14H2,1-3H3. The van der Waals surface area contributed by atoms with Crippen LogP contribution in [0, 0.1) is 0 Å². The quantitative estimate of drug-likeness (QED) is 0.389. The number of ether oxygens (including phenoxy) is 2. The number of hydrogen-bond acceptors (Lipinski definition) is 6. The molecule has 166 valence electrons. The van der Waals surface area contributed by atoms with Gasteiger partial charge in [0, 0.05) is 18.1 Å². The number of halogens is 2. The van der Waals surface area contributed by atoms with Gasteiger partial charge >= 0.3 is 0 Å². The summed E-state index contributed by atoms with van der Waals surface area (Å²) >= 11 is 13.7. The van der Waals surface area contributed by atoms with Crippen molar-refractivity contribution in [2.75, 3.05) is 44.8 Å². The lowest BCUT2D eigenvalue weighted by Gasteiger charge is -2.24. The Labute approximate surface area is 196 Å². The monoisotopic (exact) mass is 481 g/mol. The molecule has 0 saturated carbocycles. The van der Waals surface area contributed by atoms with Gasteiger partial charge in [-0.2, -0.15) is 0 Å². The summed E-state index contributed by atoms with van der Waals surface area (Å²) in [5.74, 6) is 1.02. The zero-order valence-corrected chi connectivity index (χ0v) is 20.1. The number of fused-ring (bicyclic) bond motifs is 1. The largest absolute Gasteiger partial charge is 0.494 e. The summed E-state index contributed by atoms with van der Waals surface area (Å²) in [5.41, 5.74) is 0.647. The van der Waals surface area contributed by atoms with Crippen LogP contribution in [0.25, 0.3) is 10.2 Å². The van der Waals surface area contributed by atoms with Crippen LogP contribution in [0.5, 0.6) is 11.5 Å². The number of nitrogens with zero attached hydrogens (tertiary/aromatic N) is 3. The maximum absolute atomic E-state index is 13.1. The van der Waals surface area contributed by atoms with Gasteiger partial charge in [-0.05, 0) is 49.5 Å². The van der Waals surface area contributed by atoms with Gasteiger partial charge in [-0.25, -0.2) is 4.98 Å². The van der Waals surface area contributed by atoms with Crippen molar-refractivity contribution in [2.24, 2.45) is 0 Å². The highest BCUT2D eigenvalue weighted by Gasteiger charge is 2.23. The first-order valence-corrected chi connectivity index (χ1v) is 11.6. The second-order valence-corrected chi connectivity index (χ2v) is 8.56. The summed E-state index contributed by atoms with van der Waals surface area (Å²) in [6, 6.07) is 10.5. The van der Waals surface area contributed by atoms with Gasteiger partial charge in [0.05, 0.1) is 16.8 Å². The fraction of sp³-hybridized carbons (Fsp3) is 0.364. The topological polar surface area (TPSA) is 54.9 Å². The number of amides is 1. The number of methoxy groups -OCH3 is 1. The Bertz CT molecular complexity index is 1020. The molecule has 0 radical (unpaired) electrons. The fourth-order valence-corrected chi connectivity index (χ4v) is 4.51. The summed E-state index contributed by atoms with van der Waals surface area (Å²) in [6.45, 7) is 7.10. The maximum Gasteiger partial charge on any atom is 0.266 e. The molecule has 3 aromatic rings. The van der Waals surface area contributed by atoms with Gasteiger partial charge in [0.2, 0.25) is 0 Å². The van der Waals surface area contributed by atoms with Gasteiger partial charge < -0.3 is 14.4 Å². The van der Waals surface area contributed by atoms with Gasteiger partial charge in [0.15, 0.2) is 11.7 Å². The van der Waals surface area contributed by atoms with Crippen LogP contribution in [0.4, 0.5) is 5.13 Å². The Balaban J connectivity index is 1.86. The fourth-order valence-electron chi connectivity index (χ4n) is 3.08. The van der Waals surface area contributed by atoms with Crippen molar-refractivity contribution in [3.05, 3.63) is 46.4 Å². The van der Waals surface area contributed by atoms with E-state index in [0.29, 0.717) is 38.7 Å². The molecule has 0 aliphatic rings. The number of benzene rings is 2. The number of carbonyl (C=O) groups excluding carboxylic acids is 1. The molecule has 1 aromatic heterocycles. The van der Waals surface area contributed by atoms with E-state index in [2.05, 4.69) is 23.7 Å². The molecule has 9 heteroatoms. The summed E-state index contributed by atoms with van der Waals surface area (Å²) in [5, 5.41) is 1.76. The first-order chi connectivity index (χ1) is 15.0. The molecule has 0 spiro atoms. The molecular formula is C22H25Cl2N3O3S. The molecule has 1 heterocycles. The Kier molecular flexibility index (Phi) is 8.37. The van der Waals surface area contributed by atoms with E-state index in [4.69, 9.17) is 32.7 Å². The summed E-state index contributed by atoms with van der Waals surface area (Å²) in [7, 11) is 1.59. The van der Waals surface area contributed by atoms with Crippen molar-refractivity contribution in [1.29, 1.82) is 0 Å². The Morgan fingerprint density at radius 3 is 2.42 bits per heavy atom. The molecule has 0 bridgehead atoms. The Hall–Kier alpha value is -2.06. The predicted octanol–water partition coefficient (Wildman–Crippen LogP) is 5.37. The van der Waals surface area contributed by atoms with Crippen molar-refractivity contribution in [1.82, 2.24) is 9.88 Å². The van der Waals surface area contributed by atoms with E-state index in [-0.39, 0.29) is 12.5 Å². The number of thiazole rings is 1. The Morgan fingerprint density at radius 2 is 1.77 bits per heavy atom. The van der Waals surface area contributed by atoms with Crippen molar-refractivity contribution >= 4 is 55.8 Å². The second-order valence-electron chi connectivity index (χ2n) is 6.74. The second kappa shape index (κ2) is 11.0. The molecule has 0 unspecified atom stereocenters. The van der Waals surface area contributed by atoms with E-state index >= 15 is 0 Å². The lowest BCUT2D eigenvalue weighted by Crippen LogP contribution is -2.41. The molecule has 0 fully saturated rings. The lowest BCUT2D eigenvalue weighted by atomic mass is 10.3. The maximum atomic E-state index is 13.1. The van der Waals surface area contributed by atoms with E-state index in [1.165, 1.54) is 11.3 Å². The minimum atomic E-state index is -0.184. The molecule has 1 amide bonds. The molecule has 0 saturated heterocycles. The van der Waals surface area contributed by atoms with Gasteiger partial charge in [-0.3, -0.25) is 9.69 Å². The van der Waals surface area contributed by atoms with Crippen molar-refractivity contribution < 1.29 is 14.3 Å². The molecule has 2 aromatic carbocycles. The highest BCUT2D eigenvalue weighted by atomic mass is 35.5. The molecule has 6 nitrogen and oxygen atoms in total. The number of likely N-dealkylation sites (N-methyl/N-ethyl adjacent to an activating group) is 1. The van der Waals surface area contributed by atoms with Crippen LogP contribution in [0.2, 0.25) is 10.0 Å². The van der Waals surface area contributed by atoms with E-state index in [1.807, 2.05) is 0 Å². The molecule has 31 heavy (non-hydrogen) atoms. The van der Waals surface area contributed by atoms with Crippen LogP contribution in [-0.4, -0.2) is 55.7 Å². The number of rotatable bonds is 10. The first-order valence-electron chi connectivity index (χ1n) is 10.0. The SMILES string of the molecule is CCN(CC)CCN(C(=O)COc1ccc(Cl)cc1)c1nc2c(OC)ccc(Cl)c2s1. The summed E-state index contributed by atoms with van der Waals surface area (Å²) in [4.78, 5) is 21.7. The van der Waals surface area contributed by atoms with Crippen LogP contribution < -0.4 is 14.4 Å². The van der Waals surface area contributed by atoms with Crippen LogP contribution in [0.3, 0.4) is 0 Å². The lowest BCUT2D eigenvalue weighted by molar-refractivity contribution is -0.120. The molecule has 0 aliphatic heterocycles. The third-order valence-electron chi connectivity index (χ3n) is 4.91. The van der Waals surface area contributed by atoms with Crippen LogP contribution in [0.1, 0.15) is 13.8 Å². The molecule has 0 N–H and O–H groups in total. The average molecular weight is 482 g/mol. The molecule has 0 aliphatic carbocycles. The minimum absolute atomic E-state index is 0.110. The normalized spacial score (nSPS) is 11.2. The smallest absolute Gasteiger partial charge is 0.266 e. The third kappa shape index (κ3) is 5.80. The van der Waals surface area contributed by atoms with E-state index in [1.54, 1.807) is 48.4 Å². The third-order valence-corrected chi connectivity index (χ3v) is 6.70. The van der Waals surface area contributed by atoms with E-state index < -0.39 is 0 Å². The molecule has 3 rings (SSSR count). The summed E-state index contributed by atoms with van der Waals surface area (Å²) in [6.07, 6.45) is 0. The minimum Gasteiger partial charge on any atom is -0.494 e. The van der Waals surface area contributed by atoms with Crippen LogP contribution >= 0.6 is 34.5 Å². The predicted molar refractivity (Wildman–Crippen MR) is 128 cm³/mol. The average Bonchev–Trinajstić information content (AvgIpc) is 3.22. The van der Waals surface area contributed by atoms with E-state index in [0.717, 1.165) is 24.3 Å². The van der Waals surface area contributed by atoms with Gasteiger partial charge in [-0.1, -0.05) is 48.4 Å². The highest BCUT2D eigenvalue weighted by molar-refractivity contribution is 7.23. The van der Waals surface area contributed by atoms with Crippen LogP contribution in [0.15, 0.2) is 36.4 Å². The highest BCUT2D eigenvalue weighted by Crippen LogP contribution is 2.38. The van der Waals surface area contributed by atoms with Crippen molar-refractivity contribution in [3.63, 3.8) is 0 Å². The number of carbonyl (C=O) groups is 1. The summed E-state index contributed by atoms with van der Waals surface area (Å²) < 4.78 is 11.9. The van der Waals surface area contributed by atoms with Gasteiger partial charge in [0.25, 0.3) is 5.91 Å². The van der Waals surface area contributed by atoms with Gasteiger partial charge in [-0.15, -0.1) is 0 Å². The van der Waals surface area contributed by atoms with Gasteiger partial charge in [0.1, 0.15) is 17.0 Å². The molecule has 0 atom stereocenters. The number of hydrogen-bond donors (Lipinski definition) is 0. The van der Waals surface area contributed by atoms with Crippen molar-refractivity contribution in [2.45, 2.75) is 13.8 Å².